The highest BCUT2D eigenvalue weighted by Gasteiger charge is 2.51. The predicted molar refractivity (Wildman–Crippen MR) is 27.4 cm³/mol. The molecule has 0 aliphatic heterocycles. The molecule has 1 N–H and O–H groups in total. The smallest absolute Gasteiger partial charge is 0.407 e. The monoisotopic (exact) mass is 194 g/mol. The van der Waals surface area contributed by atoms with Crippen LogP contribution in [0.15, 0.2) is 0 Å². The van der Waals surface area contributed by atoms with Crippen molar-refractivity contribution in [3.63, 3.8) is 0 Å². The molecule has 0 aliphatic rings. The summed E-state index contributed by atoms with van der Waals surface area (Å²) in [5.74, 6) is -2.60. The Bertz CT molecular complexity index is 244. The van der Waals surface area contributed by atoms with E-state index in [1.54, 1.807) is 0 Å². The molecule has 0 spiro atoms. The first-order valence-corrected chi connectivity index (χ1v) is 3.51. The van der Waals surface area contributed by atoms with Crippen LogP contribution >= 0.6 is 11.6 Å². The van der Waals surface area contributed by atoms with Crippen molar-refractivity contribution in [2.75, 3.05) is 0 Å². The number of rotatable bonds is 2. The molecule has 0 aromatic rings. The number of halogens is 3. The summed E-state index contributed by atoms with van der Waals surface area (Å²) in [6.07, 6.45) is 0. The maximum Gasteiger partial charge on any atom is 0.407 e. The SMILES string of the molecule is O=C(O)C(F)(Cl)S(=O)(=O)F. The minimum atomic E-state index is -5.90. The minimum absolute atomic E-state index is 2.60. The molecule has 0 amide bonds. The van der Waals surface area contributed by atoms with Gasteiger partial charge in [-0.15, -0.1) is 3.89 Å². The molecular formula is C2HClF2O4S. The lowest BCUT2D eigenvalue weighted by molar-refractivity contribution is -0.141. The average Bonchev–Trinajstić information content (AvgIpc) is 1.62. The Labute approximate surface area is 59.6 Å². The van der Waals surface area contributed by atoms with Gasteiger partial charge in [-0.05, 0) is 0 Å². The number of carboxylic acids is 1. The number of hydrogen-bond donors (Lipinski definition) is 1. The number of carboxylic acid groups (broad SMARTS) is 1. The summed E-state index contributed by atoms with van der Waals surface area (Å²) in [5, 5.41) is 7.65. The van der Waals surface area contributed by atoms with Crippen LogP contribution < -0.4 is 0 Å². The van der Waals surface area contributed by atoms with Gasteiger partial charge in [-0.1, -0.05) is 11.6 Å². The summed E-state index contributed by atoms with van der Waals surface area (Å²) in [4.78, 5) is 9.54. The first-order chi connectivity index (χ1) is 4.19. The Balaban J connectivity index is 4.95. The largest absolute Gasteiger partial charge is 0.477 e. The Morgan fingerprint density at radius 1 is 1.60 bits per heavy atom. The third kappa shape index (κ3) is 1.54. The van der Waals surface area contributed by atoms with E-state index in [9.17, 15) is 21.5 Å². The van der Waals surface area contributed by atoms with E-state index in [4.69, 9.17) is 5.11 Å². The summed E-state index contributed by atoms with van der Waals surface area (Å²) in [5.41, 5.74) is 0. The van der Waals surface area contributed by atoms with Crippen LogP contribution in [0.5, 0.6) is 0 Å². The first-order valence-electron chi connectivity index (χ1n) is 1.75. The number of hydrogen-bond acceptors (Lipinski definition) is 3. The lowest BCUT2D eigenvalue weighted by atomic mass is 10.8. The van der Waals surface area contributed by atoms with Gasteiger partial charge in [0.05, 0.1) is 0 Å². The number of alkyl halides is 2. The van der Waals surface area contributed by atoms with Gasteiger partial charge in [0.25, 0.3) is 0 Å². The van der Waals surface area contributed by atoms with Gasteiger partial charge in [0.1, 0.15) is 0 Å². The summed E-state index contributed by atoms with van der Waals surface area (Å²) in [7, 11) is -5.90. The molecule has 0 fully saturated rings. The molecule has 0 bridgehead atoms. The zero-order valence-electron chi connectivity index (χ0n) is 4.21. The van der Waals surface area contributed by atoms with Crippen molar-refractivity contribution >= 4 is 27.8 Å². The molecule has 4 nitrogen and oxygen atoms in total. The second kappa shape index (κ2) is 2.31. The van der Waals surface area contributed by atoms with E-state index < -0.39 is 20.7 Å². The first kappa shape index (κ1) is 9.57. The molecule has 10 heavy (non-hydrogen) atoms. The third-order valence-corrected chi connectivity index (χ3v) is 2.06. The molecule has 60 valence electrons. The maximum atomic E-state index is 11.9. The Hall–Kier alpha value is -0.430. The molecular weight excluding hydrogens is 194 g/mol. The van der Waals surface area contributed by atoms with Gasteiger partial charge < -0.3 is 5.11 Å². The standard InChI is InChI=1S/C2HClF2O4S/c3-2(4,1(6)7)10(5,8)9/h(H,6,7). The molecule has 0 aliphatic carbocycles. The van der Waals surface area contributed by atoms with E-state index in [0.29, 0.717) is 0 Å². The highest BCUT2D eigenvalue weighted by Crippen LogP contribution is 2.26. The van der Waals surface area contributed by atoms with Crippen molar-refractivity contribution in [1.82, 2.24) is 0 Å². The van der Waals surface area contributed by atoms with Crippen LogP contribution in [0.25, 0.3) is 0 Å². The van der Waals surface area contributed by atoms with Crippen molar-refractivity contribution in [2.45, 2.75) is 4.46 Å². The van der Waals surface area contributed by atoms with E-state index >= 15 is 0 Å². The van der Waals surface area contributed by atoms with Crippen LogP contribution in [0.1, 0.15) is 0 Å². The summed E-state index contributed by atoms with van der Waals surface area (Å²) in [6, 6.07) is 0. The van der Waals surface area contributed by atoms with E-state index in [1.165, 1.54) is 0 Å². The number of carbonyl (C=O) groups is 1. The highest BCUT2D eigenvalue weighted by atomic mass is 35.5. The molecule has 1 atom stereocenters. The summed E-state index contributed by atoms with van der Waals surface area (Å²) in [6.45, 7) is 0. The molecule has 0 aromatic carbocycles. The fourth-order valence-electron chi connectivity index (χ4n) is 0.104. The molecule has 0 aromatic heterocycles. The minimum Gasteiger partial charge on any atom is -0.477 e. The van der Waals surface area contributed by atoms with Gasteiger partial charge in [-0.3, -0.25) is 0 Å². The lowest BCUT2D eigenvalue weighted by Gasteiger charge is -2.04. The van der Waals surface area contributed by atoms with Crippen LogP contribution in [0, 0.1) is 0 Å². The van der Waals surface area contributed by atoms with Crippen molar-refractivity contribution in [2.24, 2.45) is 0 Å². The van der Waals surface area contributed by atoms with Gasteiger partial charge in [0.15, 0.2) is 0 Å². The van der Waals surface area contributed by atoms with Gasteiger partial charge in [-0.2, -0.15) is 12.8 Å². The maximum absolute atomic E-state index is 11.9. The van der Waals surface area contributed by atoms with E-state index in [-0.39, 0.29) is 0 Å². The molecule has 0 heterocycles. The second-order valence-corrected chi connectivity index (χ2v) is 3.44. The topological polar surface area (TPSA) is 71.4 Å². The van der Waals surface area contributed by atoms with Crippen LogP contribution in [-0.4, -0.2) is 24.0 Å². The van der Waals surface area contributed by atoms with E-state index in [0.717, 1.165) is 0 Å². The Kier molecular flexibility index (Phi) is 2.21. The van der Waals surface area contributed by atoms with Crippen LogP contribution in [0.4, 0.5) is 8.28 Å². The van der Waals surface area contributed by atoms with Crippen LogP contribution in [-0.2, 0) is 15.0 Å². The summed E-state index contributed by atoms with van der Waals surface area (Å²) < 4.78 is 38.1. The molecule has 8 heteroatoms. The average molecular weight is 195 g/mol. The predicted octanol–water partition coefficient (Wildman–Crippen LogP) is 0.232. The van der Waals surface area contributed by atoms with Crippen molar-refractivity contribution in [3.05, 3.63) is 0 Å². The van der Waals surface area contributed by atoms with E-state index in [1.807, 2.05) is 0 Å². The van der Waals surface area contributed by atoms with Gasteiger partial charge >= 0.3 is 20.7 Å². The Morgan fingerprint density at radius 3 is 1.90 bits per heavy atom. The quantitative estimate of drug-likeness (QED) is 0.505. The third-order valence-electron chi connectivity index (χ3n) is 0.555. The fraction of sp³-hybridized carbons (Fsp3) is 0.500. The van der Waals surface area contributed by atoms with Crippen molar-refractivity contribution < 1.29 is 26.6 Å². The van der Waals surface area contributed by atoms with Gasteiger partial charge in [-0.25, -0.2) is 4.79 Å². The second-order valence-electron chi connectivity index (χ2n) is 1.26. The highest BCUT2D eigenvalue weighted by molar-refractivity contribution is 7.89. The zero-order valence-corrected chi connectivity index (χ0v) is 5.79. The van der Waals surface area contributed by atoms with E-state index in [2.05, 4.69) is 11.6 Å². The number of aliphatic carboxylic acids is 1. The molecule has 0 rings (SSSR count). The molecule has 0 saturated carbocycles. The van der Waals surface area contributed by atoms with Gasteiger partial charge in [0, 0.05) is 0 Å². The van der Waals surface area contributed by atoms with Crippen LogP contribution in [0.2, 0.25) is 0 Å². The van der Waals surface area contributed by atoms with Crippen molar-refractivity contribution in [3.8, 4) is 0 Å². The van der Waals surface area contributed by atoms with Crippen molar-refractivity contribution in [1.29, 1.82) is 0 Å². The normalized spacial score (nSPS) is 17.9. The summed E-state index contributed by atoms with van der Waals surface area (Å²) >= 11 is 4.12. The molecule has 0 radical (unpaired) electrons. The van der Waals surface area contributed by atoms with Gasteiger partial charge in [0.2, 0.25) is 0 Å². The van der Waals surface area contributed by atoms with Crippen LogP contribution in [0.3, 0.4) is 0 Å². The molecule has 0 saturated heterocycles. The zero-order chi connectivity index (χ0) is 8.58. The fourth-order valence-corrected chi connectivity index (χ4v) is 0.313. The molecule has 1 unspecified atom stereocenters. The lowest BCUT2D eigenvalue weighted by Crippen LogP contribution is -2.33. The Morgan fingerprint density at radius 2 is 1.90 bits per heavy atom.